The fraction of sp³-hybridized carbons (Fsp3) is 0.353. The summed E-state index contributed by atoms with van der Waals surface area (Å²) in [6, 6.07) is 12.7. The van der Waals surface area contributed by atoms with Gasteiger partial charge < -0.3 is 4.90 Å². The minimum Gasteiger partial charge on any atom is -0.334 e. The lowest BCUT2D eigenvalue weighted by Gasteiger charge is -2.23. The van der Waals surface area contributed by atoms with E-state index in [1.807, 2.05) is 18.2 Å². The number of likely N-dealkylation sites (tertiary alicyclic amines) is 1. The third-order valence-electron chi connectivity index (χ3n) is 3.89. The number of benzene rings is 1. The van der Waals surface area contributed by atoms with E-state index in [1.54, 1.807) is 23.1 Å². The molecule has 1 amide bonds. The van der Waals surface area contributed by atoms with Crippen molar-refractivity contribution in [3.63, 3.8) is 0 Å². The van der Waals surface area contributed by atoms with E-state index in [2.05, 4.69) is 44.4 Å². The van der Waals surface area contributed by atoms with Gasteiger partial charge in [0.2, 0.25) is 5.91 Å². The Labute approximate surface area is 148 Å². The highest BCUT2D eigenvalue weighted by Crippen LogP contribution is 2.35. The summed E-state index contributed by atoms with van der Waals surface area (Å²) in [6.45, 7) is 0.900. The quantitative estimate of drug-likeness (QED) is 0.700. The second-order valence-electron chi connectivity index (χ2n) is 5.34. The molecule has 1 aliphatic rings. The predicted octanol–water partition coefficient (Wildman–Crippen LogP) is 5.11. The van der Waals surface area contributed by atoms with Crippen LogP contribution in [0.2, 0.25) is 0 Å². The van der Waals surface area contributed by atoms with Crippen molar-refractivity contribution in [2.24, 2.45) is 0 Å². The van der Waals surface area contributed by atoms with Gasteiger partial charge in [-0.15, -0.1) is 23.1 Å². The number of nitrogens with zero attached hydrogens (tertiary/aromatic N) is 1. The van der Waals surface area contributed by atoms with E-state index in [-0.39, 0.29) is 5.91 Å². The fourth-order valence-electron chi connectivity index (χ4n) is 2.79. The molecule has 5 heteroatoms. The first-order valence-electron chi connectivity index (χ1n) is 7.40. The Morgan fingerprint density at radius 1 is 1.32 bits per heavy atom. The van der Waals surface area contributed by atoms with Gasteiger partial charge in [0, 0.05) is 21.6 Å². The lowest BCUT2D eigenvalue weighted by atomic mass is 10.2. The fourth-order valence-corrected chi connectivity index (χ4v) is 5.19. The largest absolute Gasteiger partial charge is 0.334 e. The maximum absolute atomic E-state index is 12.5. The summed E-state index contributed by atoms with van der Waals surface area (Å²) in [5.41, 5.74) is 1.25. The van der Waals surface area contributed by atoms with E-state index in [1.165, 1.54) is 10.4 Å². The first-order chi connectivity index (χ1) is 10.8. The van der Waals surface area contributed by atoms with E-state index < -0.39 is 0 Å². The van der Waals surface area contributed by atoms with Crippen molar-refractivity contribution in [3.05, 3.63) is 56.7 Å². The molecule has 1 aromatic carbocycles. The third kappa shape index (κ3) is 3.76. The first-order valence-corrected chi connectivity index (χ1v) is 10.2. The highest BCUT2D eigenvalue weighted by molar-refractivity contribution is 9.10. The smallest absolute Gasteiger partial charge is 0.233 e. The van der Waals surface area contributed by atoms with Gasteiger partial charge in [-0.05, 0) is 35.9 Å². The van der Waals surface area contributed by atoms with Crippen LogP contribution in [0.5, 0.6) is 0 Å². The van der Waals surface area contributed by atoms with Crippen LogP contribution < -0.4 is 0 Å². The first kappa shape index (κ1) is 16.1. The molecular formula is C17H18BrNOS2. The van der Waals surface area contributed by atoms with E-state index in [4.69, 9.17) is 0 Å². The van der Waals surface area contributed by atoms with Crippen molar-refractivity contribution in [2.75, 3.05) is 12.3 Å². The molecule has 1 aliphatic heterocycles. The van der Waals surface area contributed by atoms with Crippen molar-refractivity contribution < 1.29 is 4.79 Å². The SMILES string of the molecule is O=C(CSCc1ccccc1Br)N1CCCC1c1cccs1. The zero-order chi connectivity index (χ0) is 15.4. The Bertz CT molecular complexity index is 629. The maximum Gasteiger partial charge on any atom is 0.233 e. The minimum absolute atomic E-state index is 0.271. The van der Waals surface area contributed by atoms with Crippen LogP contribution in [-0.4, -0.2) is 23.1 Å². The second-order valence-corrected chi connectivity index (χ2v) is 8.16. The molecule has 22 heavy (non-hydrogen) atoms. The molecule has 1 unspecified atom stereocenters. The van der Waals surface area contributed by atoms with Gasteiger partial charge in [-0.2, -0.15) is 0 Å². The number of thiophene rings is 1. The van der Waals surface area contributed by atoms with Crippen molar-refractivity contribution >= 4 is 44.9 Å². The highest BCUT2D eigenvalue weighted by atomic mass is 79.9. The average molecular weight is 396 g/mol. The summed E-state index contributed by atoms with van der Waals surface area (Å²) < 4.78 is 1.12. The van der Waals surface area contributed by atoms with Crippen LogP contribution in [0.25, 0.3) is 0 Å². The van der Waals surface area contributed by atoms with Crippen molar-refractivity contribution in [1.82, 2.24) is 4.90 Å². The van der Waals surface area contributed by atoms with Gasteiger partial charge >= 0.3 is 0 Å². The standard InChI is InChI=1S/C17H18BrNOS2/c18-14-6-2-1-5-13(14)11-21-12-17(20)19-9-3-7-15(19)16-8-4-10-22-16/h1-2,4-6,8,10,15H,3,7,9,11-12H2. The zero-order valence-corrected chi connectivity index (χ0v) is 15.4. The molecule has 0 N–H and O–H groups in total. The lowest BCUT2D eigenvalue weighted by molar-refractivity contribution is -0.129. The average Bonchev–Trinajstić information content (AvgIpc) is 3.19. The van der Waals surface area contributed by atoms with Gasteiger partial charge in [0.15, 0.2) is 0 Å². The summed E-state index contributed by atoms with van der Waals surface area (Å²) in [5.74, 6) is 1.70. The van der Waals surface area contributed by atoms with Gasteiger partial charge in [0.1, 0.15) is 0 Å². The highest BCUT2D eigenvalue weighted by Gasteiger charge is 2.30. The third-order valence-corrected chi connectivity index (χ3v) is 6.60. The normalized spacial score (nSPS) is 17.9. The molecule has 2 heterocycles. The molecule has 0 aliphatic carbocycles. The summed E-state index contributed by atoms with van der Waals surface area (Å²) in [6.07, 6.45) is 2.21. The number of carbonyl (C=O) groups is 1. The van der Waals surface area contributed by atoms with Crippen LogP contribution in [0.15, 0.2) is 46.3 Å². The Morgan fingerprint density at radius 3 is 2.95 bits per heavy atom. The molecule has 116 valence electrons. The van der Waals surface area contributed by atoms with E-state index in [0.717, 1.165) is 29.6 Å². The molecule has 1 atom stereocenters. The van der Waals surface area contributed by atoms with E-state index >= 15 is 0 Å². The monoisotopic (exact) mass is 395 g/mol. The molecule has 1 aromatic heterocycles. The number of thioether (sulfide) groups is 1. The molecule has 0 spiro atoms. The number of amides is 1. The Kier molecular flexibility index (Phi) is 5.61. The van der Waals surface area contributed by atoms with E-state index in [9.17, 15) is 4.79 Å². The lowest BCUT2D eigenvalue weighted by Crippen LogP contribution is -2.31. The molecule has 0 radical (unpaired) electrons. The van der Waals surface area contributed by atoms with Crippen LogP contribution in [0, 0.1) is 0 Å². The van der Waals surface area contributed by atoms with Gasteiger partial charge in [0.05, 0.1) is 11.8 Å². The summed E-state index contributed by atoms with van der Waals surface area (Å²) >= 11 is 7.01. The molecule has 1 fully saturated rings. The summed E-state index contributed by atoms with van der Waals surface area (Å²) in [5, 5.41) is 2.10. The van der Waals surface area contributed by atoms with Gasteiger partial charge in [-0.1, -0.05) is 40.2 Å². The molecule has 2 nitrogen and oxygen atoms in total. The Hall–Kier alpha value is -0.780. The Balaban J connectivity index is 1.54. The number of halogens is 1. The van der Waals surface area contributed by atoms with E-state index in [0.29, 0.717) is 11.8 Å². The van der Waals surface area contributed by atoms with Crippen molar-refractivity contribution in [2.45, 2.75) is 24.6 Å². The molecule has 3 rings (SSSR count). The van der Waals surface area contributed by atoms with Crippen LogP contribution in [0.1, 0.15) is 29.3 Å². The predicted molar refractivity (Wildman–Crippen MR) is 98.3 cm³/mol. The summed E-state index contributed by atoms with van der Waals surface area (Å²) in [7, 11) is 0. The van der Waals surface area contributed by atoms with Crippen LogP contribution in [0.3, 0.4) is 0 Å². The number of rotatable bonds is 5. The zero-order valence-electron chi connectivity index (χ0n) is 12.2. The van der Waals surface area contributed by atoms with Gasteiger partial charge in [0.25, 0.3) is 0 Å². The number of hydrogen-bond acceptors (Lipinski definition) is 3. The summed E-state index contributed by atoms with van der Waals surface area (Å²) in [4.78, 5) is 15.9. The maximum atomic E-state index is 12.5. The van der Waals surface area contributed by atoms with Crippen LogP contribution >= 0.6 is 39.0 Å². The van der Waals surface area contributed by atoms with Gasteiger partial charge in [-0.3, -0.25) is 4.79 Å². The second kappa shape index (κ2) is 7.66. The number of hydrogen-bond donors (Lipinski definition) is 0. The van der Waals surface area contributed by atoms with Crippen molar-refractivity contribution in [3.8, 4) is 0 Å². The topological polar surface area (TPSA) is 20.3 Å². The van der Waals surface area contributed by atoms with Crippen LogP contribution in [-0.2, 0) is 10.5 Å². The molecule has 2 aromatic rings. The Morgan fingerprint density at radius 2 is 2.18 bits per heavy atom. The molecule has 0 saturated carbocycles. The number of carbonyl (C=O) groups excluding carboxylic acids is 1. The molecular weight excluding hydrogens is 378 g/mol. The minimum atomic E-state index is 0.271. The van der Waals surface area contributed by atoms with Crippen LogP contribution in [0.4, 0.5) is 0 Å². The van der Waals surface area contributed by atoms with Crippen molar-refractivity contribution in [1.29, 1.82) is 0 Å². The molecule has 1 saturated heterocycles. The van der Waals surface area contributed by atoms with Gasteiger partial charge in [-0.25, -0.2) is 0 Å². The molecule has 0 bridgehead atoms.